The van der Waals surface area contributed by atoms with Crippen molar-refractivity contribution in [3.63, 3.8) is 0 Å². The molecule has 2 aromatic heterocycles. The third-order valence-electron chi connectivity index (χ3n) is 3.24. The van der Waals surface area contributed by atoms with E-state index >= 15 is 0 Å². The lowest BCUT2D eigenvalue weighted by Gasteiger charge is -2.05. The lowest BCUT2D eigenvalue weighted by Crippen LogP contribution is -2.14. The maximum atomic E-state index is 12.4. The lowest BCUT2D eigenvalue weighted by atomic mass is 10.2. The fraction of sp³-hybridized carbons (Fsp3) is 0.133. The molecular weight excluding hydrogens is 364 g/mol. The summed E-state index contributed by atoms with van der Waals surface area (Å²) in [6.07, 6.45) is 1.66. The third-order valence-corrected chi connectivity index (χ3v) is 4.46. The summed E-state index contributed by atoms with van der Waals surface area (Å²) in [6, 6.07) is 7.79. The molecule has 0 aliphatic rings. The van der Waals surface area contributed by atoms with Gasteiger partial charge in [-0.15, -0.1) is 11.3 Å². The molecule has 7 heteroatoms. The summed E-state index contributed by atoms with van der Waals surface area (Å²) in [6.45, 7) is 3.72. The molecule has 5 nitrogen and oxygen atoms in total. The van der Waals surface area contributed by atoms with E-state index in [2.05, 4.69) is 31.3 Å². The summed E-state index contributed by atoms with van der Waals surface area (Å²) in [7, 11) is 0. The van der Waals surface area contributed by atoms with E-state index in [1.54, 1.807) is 10.9 Å². The van der Waals surface area contributed by atoms with Crippen molar-refractivity contribution < 1.29 is 4.79 Å². The number of carbonyl (C=O) groups is 1. The van der Waals surface area contributed by atoms with Crippen molar-refractivity contribution in [1.82, 2.24) is 14.8 Å². The van der Waals surface area contributed by atoms with Crippen LogP contribution in [-0.4, -0.2) is 20.7 Å². The van der Waals surface area contributed by atoms with E-state index in [1.807, 2.05) is 43.5 Å². The van der Waals surface area contributed by atoms with Crippen molar-refractivity contribution >= 4 is 38.3 Å². The number of aryl methyl sites for hydroxylation is 1. The Bertz CT molecular complexity index is 809. The van der Waals surface area contributed by atoms with Crippen LogP contribution in [0.4, 0.5) is 5.13 Å². The predicted molar refractivity (Wildman–Crippen MR) is 90.8 cm³/mol. The van der Waals surface area contributed by atoms with Gasteiger partial charge in [-0.2, -0.15) is 5.10 Å². The first-order chi connectivity index (χ1) is 10.6. The first kappa shape index (κ1) is 14.9. The van der Waals surface area contributed by atoms with E-state index < -0.39 is 0 Å². The average molecular weight is 377 g/mol. The molecule has 0 bridgehead atoms. The molecular formula is C15H13BrN4OS. The van der Waals surface area contributed by atoms with Crippen LogP contribution >= 0.6 is 27.3 Å². The molecule has 112 valence electrons. The number of halogens is 1. The van der Waals surface area contributed by atoms with Crippen molar-refractivity contribution in [2.75, 3.05) is 5.32 Å². The molecule has 0 atom stereocenters. The van der Waals surface area contributed by atoms with Gasteiger partial charge >= 0.3 is 0 Å². The van der Waals surface area contributed by atoms with E-state index in [4.69, 9.17) is 0 Å². The number of hydrogen-bond donors (Lipinski definition) is 1. The van der Waals surface area contributed by atoms with Crippen LogP contribution in [-0.2, 0) is 0 Å². The molecule has 3 aromatic rings. The fourth-order valence-corrected chi connectivity index (χ4v) is 3.04. The van der Waals surface area contributed by atoms with Gasteiger partial charge in [0.05, 0.1) is 22.6 Å². The number of carbonyl (C=O) groups excluding carboxylic acids is 1. The minimum absolute atomic E-state index is 0.187. The minimum atomic E-state index is -0.187. The summed E-state index contributed by atoms with van der Waals surface area (Å²) >= 11 is 4.80. The highest BCUT2D eigenvalue weighted by Crippen LogP contribution is 2.21. The largest absolute Gasteiger partial charge is 0.298 e. The van der Waals surface area contributed by atoms with Crippen molar-refractivity contribution in [1.29, 1.82) is 0 Å². The predicted octanol–water partition coefficient (Wildman–Crippen LogP) is 3.96. The molecule has 0 spiro atoms. The third kappa shape index (κ3) is 2.82. The SMILES string of the molecule is Cc1nn(-c2ccc(Br)cc2)c(C)c1C(=O)Nc1nccs1. The summed E-state index contributed by atoms with van der Waals surface area (Å²) in [5, 5.41) is 9.69. The molecule has 2 heterocycles. The molecule has 0 saturated heterocycles. The van der Waals surface area contributed by atoms with Crippen molar-refractivity contribution in [3.05, 3.63) is 57.3 Å². The van der Waals surface area contributed by atoms with Crippen molar-refractivity contribution in [3.8, 4) is 5.69 Å². The number of thiazole rings is 1. The Morgan fingerprint density at radius 1 is 1.27 bits per heavy atom. The monoisotopic (exact) mass is 376 g/mol. The first-order valence-electron chi connectivity index (χ1n) is 6.59. The first-order valence-corrected chi connectivity index (χ1v) is 8.26. The van der Waals surface area contributed by atoms with Gasteiger partial charge in [0, 0.05) is 16.0 Å². The molecule has 3 rings (SSSR count). The maximum absolute atomic E-state index is 12.4. The number of aromatic nitrogens is 3. The molecule has 0 fully saturated rings. The number of amides is 1. The Kier molecular flexibility index (Phi) is 4.08. The minimum Gasteiger partial charge on any atom is -0.298 e. The van der Waals surface area contributed by atoms with Gasteiger partial charge in [0.25, 0.3) is 5.91 Å². The Balaban J connectivity index is 1.96. The number of nitrogens with zero attached hydrogens (tertiary/aromatic N) is 3. The van der Waals surface area contributed by atoms with Gasteiger partial charge in [-0.3, -0.25) is 10.1 Å². The Morgan fingerprint density at radius 2 is 2.00 bits per heavy atom. The zero-order chi connectivity index (χ0) is 15.7. The maximum Gasteiger partial charge on any atom is 0.261 e. The standard InChI is InChI=1S/C15H13BrN4OS/c1-9-13(14(21)18-15-17-7-8-22-15)10(2)20(19-9)12-5-3-11(16)4-6-12/h3-8H,1-2H3,(H,17,18,21). The van der Waals surface area contributed by atoms with Gasteiger partial charge in [0.1, 0.15) is 0 Å². The second-order valence-electron chi connectivity index (χ2n) is 4.73. The van der Waals surface area contributed by atoms with E-state index in [9.17, 15) is 4.79 Å². The number of anilines is 1. The smallest absolute Gasteiger partial charge is 0.261 e. The summed E-state index contributed by atoms with van der Waals surface area (Å²) in [5.74, 6) is -0.187. The molecule has 0 unspecified atom stereocenters. The Labute approximate surface area is 140 Å². The Morgan fingerprint density at radius 3 is 2.64 bits per heavy atom. The zero-order valence-corrected chi connectivity index (χ0v) is 14.4. The highest BCUT2D eigenvalue weighted by Gasteiger charge is 2.20. The van der Waals surface area contributed by atoms with E-state index in [-0.39, 0.29) is 5.91 Å². The van der Waals surface area contributed by atoms with Gasteiger partial charge in [0.2, 0.25) is 0 Å². The van der Waals surface area contributed by atoms with E-state index in [0.29, 0.717) is 16.4 Å². The van der Waals surface area contributed by atoms with Crippen LogP contribution in [0.1, 0.15) is 21.7 Å². The van der Waals surface area contributed by atoms with Crippen LogP contribution in [0.25, 0.3) is 5.69 Å². The normalized spacial score (nSPS) is 10.7. The average Bonchev–Trinajstić information content (AvgIpc) is 3.08. The van der Waals surface area contributed by atoms with Crippen LogP contribution in [0.2, 0.25) is 0 Å². The van der Waals surface area contributed by atoms with Crippen LogP contribution in [0, 0.1) is 13.8 Å². The van der Waals surface area contributed by atoms with Gasteiger partial charge in [-0.25, -0.2) is 9.67 Å². The molecule has 22 heavy (non-hydrogen) atoms. The van der Waals surface area contributed by atoms with Gasteiger partial charge in [-0.05, 0) is 38.1 Å². The van der Waals surface area contributed by atoms with Gasteiger partial charge < -0.3 is 0 Å². The molecule has 1 aromatic carbocycles. The van der Waals surface area contributed by atoms with Gasteiger partial charge in [-0.1, -0.05) is 15.9 Å². The highest BCUT2D eigenvalue weighted by atomic mass is 79.9. The Hall–Kier alpha value is -1.99. The molecule has 0 radical (unpaired) electrons. The molecule has 1 N–H and O–H groups in total. The topological polar surface area (TPSA) is 59.8 Å². The van der Waals surface area contributed by atoms with E-state index in [0.717, 1.165) is 15.9 Å². The van der Waals surface area contributed by atoms with Gasteiger partial charge in [0.15, 0.2) is 5.13 Å². The second kappa shape index (κ2) is 6.02. The summed E-state index contributed by atoms with van der Waals surface area (Å²) in [5.41, 5.74) is 2.98. The molecule has 0 saturated carbocycles. The molecule has 0 aliphatic heterocycles. The number of nitrogens with one attached hydrogen (secondary N) is 1. The zero-order valence-electron chi connectivity index (χ0n) is 12.0. The summed E-state index contributed by atoms with van der Waals surface area (Å²) in [4.78, 5) is 16.5. The van der Waals surface area contributed by atoms with Crippen LogP contribution in [0.3, 0.4) is 0 Å². The second-order valence-corrected chi connectivity index (χ2v) is 6.54. The van der Waals surface area contributed by atoms with Crippen molar-refractivity contribution in [2.24, 2.45) is 0 Å². The fourth-order valence-electron chi connectivity index (χ4n) is 2.25. The van der Waals surface area contributed by atoms with E-state index in [1.165, 1.54) is 11.3 Å². The quantitative estimate of drug-likeness (QED) is 0.752. The number of hydrogen-bond acceptors (Lipinski definition) is 4. The van der Waals surface area contributed by atoms with Crippen molar-refractivity contribution in [2.45, 2.75) is 13.8 Å². The lowest BCUT2D eigenvalue weighted by molar-refractivity contribution is 0.102. The number of benzene rings is 1. The van der Waals surface area contributed by atoms with Crippen LogP contribution in [0.15, 0.2) is 40.3 Å². The molecule has 1 amide bonds. The molecule has 0 aliphatic carbocycles. The highest BCUT2D eigenvalue weighted by molar-refractivity contribution is 9.10. The van der Waals surface area contributed by atoms with Crippen LogP contribution < -0.4 is 5.32 Å². The van der Waals surface area contributed by atoms with Crippen LogP contribution in [0.5, 0.6) is 0 Å². The number of rotatable bonds is 3. The summed E-state index contributed by atoms with van der Waals surface area (Å²) < 4.78 is 2.78.